The zero-order chi connectivity index (χ0) is 14.1. The highest BCUT2D eigenvalue weighted by Gasteiger charge is 2.73. The zero-order valence-corrected chi connectivity index (χ0v) is 8.32. The molecule has 0 aromatic carbocycles. The Morgan fingerprint density at radius 1 is 1.18 bits per heavy atom. The number of nitrogens with two attached hydrogens (primary N) is 1. The highest BCUT2D eigenvalue weighted by Crippen LogP contribution is 2.48. The van der Waals surface area contributed by atoms with Crippen LogP contribution in [0.5, 0.6) is 0 Å². The second-order valence-electron chi connectivity index (χ2n) is 3.11. The zero-order valence-electron chi connectivity index (χ0n) is 8.32. The van der Waals surface area contributed by atoms with E-state index in [0.717, 1.165) is 7.11 Å². The number of esters is 1. The summed E-state index contributed by atoms with van der Waals surface area (Å²) in [6.07, 6.45) is -8.61. The number of ether oxygens (including phenoxy) is 1. The lowest BCUT2D eigenvalue weighted by Gasteiger charge is -2.29. The number of hydrogen-bond acceptors (Lipinski definition) is 3. The van der Waals surface area contributed by atoms with Crippen LogP contribution in [0.15, 0.2) is 0 Å². The monoisotopic (exact) mass is 271 g/mol. The Balaban J connectivity index is 4.97. The molecule has 0 radical (unpaired) electrons. The second-order valence-corrected chi connectivity index (χ2v) is 3.11. The van der Waals surface area contributed by atoms with Gasteiger partial charge in [-0.2, -0.15) is 30.7 Å². The van der Waals surface area contributed by atoms with Crippen LogP contribution in [-0.2, 0) is 9.53 Å². The summed E-state index contributed by atoms with van der Waals surface area (Å²) in [6.45, 7) is 0. The standard InChI is InChI=1S/C7H8F7NO2/c1-17-4(16)3(15)2-5(8,9)6(10,11)7(12,13)14/h3H,2,15H2,1H3. The van der Waals surface area contributed by atoms with E-state index in [1.807, 2.05) is 0 Å². The fraction of sp³-hybridized carbons (Fsp3) is 0.857. The predicted octanol–water partition coefficient (Wildman–Crippen LogP) is 1.71. The largest absolute Gasteiger partial charge is 0.468 e. The molecule has 0 aliphatic heterocycles. The lowest BCUT2D eigenvalue weighted by atomic mass is 10.0. The topological polar surface area (TPSA) is 52.3 Å². The van der Waals surface area contributed by atoms with Crippen molar-refractivity contribution in [1.82, 2.24) is 0 Å². The van der Waals surface area contributed by atoms with Crippen LogP contribution in [0.3, 0.4) is 0 Å². The normalized spacial score (nSPS) is 15.6. The van der Waals surface area contributed by atoms with E-state index in [1.165, 1.54) is 0 Å². The second kappa shape index (κ2) is 4.67. The fourth-order valence-corrected chi connectivity index (χ4v) is 0.846. The van der Waals surface area contributed by atoms with Crippen LogP contribution in [0.4, 0.5) is 30.7 Å². The molecular weight excluding hydrogens is 263 g/mol. The van der Waals surface area contributed by atoms with Gasteiger partial charge in [0.05, 0.1) is 7.11 Å². The molecule has 0 saturated carbocycles. The highest BCUT2D eigenvalue weighted by atomic mass is 19.4. The van der Waals surface area contributed by atoms with Crippen molar-refractivity contribution < 1.29 is 40.3 Å². The molecular formula is C7H8F7NO2. The third-order valence-corrected chi connectivity index (χ3v) is 1.80. The number of methoxy groups -OCH3 is 1. The van der Waals surface area contributed by atoms with Crippen LogP contribution >= 0.6 is 0 Å². The average molecular weight is 271 g/mol. The van der Waals surface area contributed by atoms with Gasteiger partial charge in [0.25, 0.3) is 0 Å². The van der Waals surface area contributed by atoms with Crippen molar-refractivity contribution in [3.05, 3.63) is 0 Å². The maximum Gasteiger partial charge on any atom is 0.459 e. The highest BCUT2D eigenvalue weighted by molar-refractivity contribution is 5.75. The summed E-state index contributed by atoms with van der Waals surface area (Å²) in [7, 11) is 0.724. The molecule has 10 heteroatoms. The van der Waals surface area contributed by atoms with Gasteiger partial charge in [0, 0.05) is 6.42 Å². The Morgan fingerprint density at radius 3 is 1.88 bits per heavy atom. The third-order valence-electron chi connectivity index (χ3n) is 1.80. The van der Waals surface area contributed by atoms with Gasteiger partial charge in [0.15, 0.2) is 0 Å². The van der Waals surface area contributed by atoms with E-state index < -0.39 is 36.5 Å². The van der Waals surface area contributed by atoms with Crippen LogP contribution in [0.25, 0.3) is 0 Å². The summed E-state index contributed by atoms with van der Waals surface area (Å²) in [5.74, 6) is -13.3. The van der Waals surface area contributed by atoms with Crippen molar-refractivity contribution in [3.8, 4) is 0 Å². The van der Waals surface area contributed by atoms with Gasteiger partial charge in [0.1, 0.15) is 6.04 Å². The molecule has 3 nitrogen and oxygen atoms in total. The van der Waals surface area contributed by atoms with Crippen molar-refractivity contribution >= 4 is 5.97 Å². The van der Waals surface area contributed by atoms with E-state index in [0.29, 0.717) is 0 Å². The first-order valence-corrected chi connectivity index (χ1v) is 4.02. The van der Waals surface area contributed by atoms with Crippen molar-refractivity contribution in [2.75, 3.05) is 7.11 Å². The van der Waals surface area contributed by atoms with Gasteiger partial charge >= 0.3 is 24.0 Å². The lowest BCUT2D eigenvalue weighted by Crippen LogP contribution is -2.55. The maximum atomic E-state index is 12.7. The van der Waals surface area contributed by atoms with Crippen LogP contribution in [0.1, 0.15) is 6.42 Å². The molecule has 0 fully saturated rings. The molecule has 1 atom stereocenters. The van der Waals surface area contributed by atoms with E-state index in [9.17, 15) is 35.5 Å². The Bertz CT molecular complexity index is 288. The van der Waals surface area contributed by atoms with Gasteiger partial charge in [-0.3, -0.25) is 4.79 Å². The fourth-order valence-electron chi connectivity index (χ4n) is 0.846. The minimum absolute atomic E-state index is 0.724. The number of halogens is 7. The molecule has 0 heterocycles. The Kier molecular flexibility index (Phi) is 4.38. The Labute approximate surface area is 90.7 Å². The Hall–Kier alpha value is -1.06. The summed E-state index contributed by atoms with van der Waals surface area (Å²) in [5, 5.41) is 0. The summed E-state index contributed by atoms with van der Waals surface area (Å²) in [6, 6.07) is -2.27. The molecule has 17 heavy (non-hydrogen) atoms. The van der Waals surface area contributed by atoms with Gasteiger partial charge < -0.3 is 10.5 Å². The predicted molar refractivity (Wildman–Crippen MR) is 40.6 cm³/mol. The van der Waals surface area contributed by atoms with Crippen LogP contribution in [0, 0.1) is 0 Å². The van der Waals surface area contributed by atoms with Gasteiger partial charge in [-0.25, -0.2) is 0 Å². The van der Waals surface area contributed by atoms with E-state index in [1.54, 1.807) is 0 Å². The summed E-state index contributed by atoms with van der Waals surface area (Å²) in [4.78, 5) is 10.6. The summed E-state index contributed by atoms with van der Waals surface area (Å²) in [5.41, 5.74) is 4.70. The van der Waals surface area contributed by atoms with Crippen molar-refractivity contribution in [2.24, 2.45) is 5.73 Å². The maximum absolute atomic E-state index is 12.7. The SMILES string of the molecule is COC(=O)C(N)CC(F)(F)C(F)(F)C(F)(F)F. The molecule has 0 saturated heterocycles. The van der Waals surface area contributed by atoms with E-state index in [4.69, 9.17) is 5.73 Å². The van der Waals surface area contributed by atoms with Crippen LogP contribution < -0.4 is 5.73 Å². The van der Waals surface area contributed by atoms with Gasteiger partial charge in [0.2, 0.25) is 0 Å². The first-order valence-electron chi connectivity index (χ1n) is 4.02. The first kappa shape index (κ1) is 15.9. The number of rotatable bonds is 4. The third kappa shape index (κ3) is 3.20. The minimum atomic E-state index is -6.44. The van der Waals surface area contributed by atoms with E-state index in [-0.39, 0.29) is 0 Å². The molecule has 0 amide bonds. The lowest BCUT2D eigenvalue weighted by molar-refractivity contribution is -0.356. The summed E-state index contributed by atoms with van der Waals surface area (Å²) < 4.78 is 88.9. The molecule has 0 bridgehead atoms. The number of hydrogen-bond donors (Lipinski definition) is 1. The van der Waals surface area contributed by atoms with Gasteiger partial charge in [-0.05, 0) is 0 Å². The molecule has 0 aliphatic carbocycles. The first-order chi connectivity index (χ1) is 7.37. The summed E-state index contributed by atoms with van der Waals surface area (Å²) >= 11 is 0. The van der Waals surface area contributed by atoms with Gasteiger partial charge in [-0.15, -0.1) is 0 Å². The van der Waals surface area contributed by atoms with Crippen molar-refractivity contribution in [1.29, 1.82) is 0 Å². The smallest absolute Gasteiger partial charge is 0.459 e. The molecule has 0 aromatic heterocycles. The average Bonchev–Trinajstić information content (AvgIpc) is 2.13. The van der Waals surface area contributed by atoms with Gasteiger partial charge in [-0.1, -0.05) is 0 Å². The van der Waals surface area contributed by atoms with Crippen molar-refractivity contribution in [2.45, 2.75) is 30.5 Å². The number of carbonyl (C=O) groups is 1. The molecule has 0 spiro atoms. The van der Waals surface area contributed by atoms with E-state index in [2.05, 4.69) is 4.74 Å². The Morgan fingerprint density at radius 2 is 1.59 bits per heavy atom. The van der Waals surface area contributed by atoms with Crippen LogP contribution in [-0.4, -0.2) is 37.1 Å². The minimum Gasteiger partial charge on any atom is -0.468 e. The van der Waals surface area contributed by atoms with Crippen molar-refractivity contribution in [3.63, 3.8) is 0 Å². The molecule has 0 aliphatic rings. The molecule has 0 rings (SSSR count). The quantitative estimate of drug-likeness (QED) is 0.625. The number of alkyl halides is 7. The van der Waals surface area contributed by atoms with Crippen LogP contribution in [0.2, 0.25) is 0 Å². The molecule has 0 aromatic rings. The number of carbonyl (C=O) groups excluding carboxylic acids is 1. The molecule has 102 valence electrons. The molecule has 2 N–H and O–H groups in total. The molecule has 1 unspecified atom stereocenters. The van der Waals surface area contributed by atoms with E-state index >= 15 is 0 Å².